The molecule has 2 rings (SSSR count). The maximum Gasteiger partial charge on any atom is 0.280 e. The normalized spacial score (nSPS) is 11.3. The number of nitrogen functional groups attached to an aromatic ring is 1. The van der Waals surface area contributed by atoms with Crippen molar-refractivity contribution >= 4 is 17.1 Å². The Labute approximate surface area is 132 Å². The average Bonchev–Trinajstić information content (AvgIpc) is 2.92. The van der Waals surface area contributed by atoms with Gasteiger partial charge in [-0.25, -0.2) is 4.98 Å². The Bertz CT molecular complexity index is 656. The number of nitrogens with one attached hydrogen (secondary N) is 1. The Morgan fingerprint density at radius 2 is 1.78 bits per heavy atom. The third kappa shape index (κ3) is 5.28. The lowest BCUT2D eigenvalue weighted by molar-refractivity contribution is 0.00671. The number of aliphatic hydroxyl groups excluding tert-OH is 1. The molecule has 128 valence electrons. The summed E-state index contributed by atoms with van der Waals surface area (Å²) in [6, 6.07) is 0. The number of H-pyrrole nitrogens is 1. The number of hydrogen-bond acceptors (Lipinski definition) is 8. The Balaban J connectivity index is 1.64. The molecular formula is C13H21N5O5. The van der Waals surface area contributed by atoms with Crippen LogP contribution in [0.1, 0.15) is 0 Å². The van der Waals surface area contributed by atoms with E-state index in [1.54, 1.807) is 4.57 Å². The molecular weight excluding hydrogens is 306 g/mol. The van der Waals surface area contributed by atoms with Crippen molar-refractivity contribution in [3.63, 3.8) is 0 Å². The van der Waals surface area contributed by atoms with Crippen LogP contribution in [0.15, 0.2) is 11.1 Å². The molecule has 0 radical (unpaired) electrons. The van der Waals surface area contributed by atoms with Gasteiger partial charge in [0.2, 0.25) is 5.95 Å². The lowest BCUT2D eigenvalue weighted by Crippen LogP contribution is -2.14. The van der Waals surface area contributed by atoms with E-state index in [1.807, 2.05) is 0 Å². The van der Waals surface area contributed by atoms with E-state index in [1.165, 1.54) is 6.33 Å². The van der Waals surface area contributed by atoms with Gasteiger partial charge in [-0.2, -0.15) is 4.98 Å². The molecule has 4 N–H and O–H groups in total. The van der Waals surface area contributed by atoms with Crippen molar-refractivity contribution in [1.29, 1.82) is 0 Å². The standard InChI is InChI=1S/C13H21N5O5/c14-13-16-11-10(12(20)17-13)15-9-18(11)1-3-21-5-7-23-8-6-22-4-2-19/h9,19H,1-8H2,(H3,14,16,17,20). The van der Waals surface area contributed by atoms with Crippen molar-refractivity contribution in [2.45, 2.75) is 6.54 Å². The summed E-state index contributed by atoms with van der Waals surface area (Å²) in [5.74, 6) is 0.0574. The summed E-state index contributed by atoms with van der Waals surface area (Å²) >= 11 is 0. The monoisotopic (exact) mass is 327 g/mol. The highest BCUT2D eigenvalue weighted by molar-refractivity contribution is 5.70. The van der Waals surface area contributed by atoms with Crippen molar-refractivity contribution in [1.82, 2.24) is 19.5 Å². The number of aliphatic hydroxyl groups is 1. The predicted molar refractivity (Wildman–Crippen MR) is 82.1 cm³/mol. The molecule has 0 saturated carbocycles. The highest BCUT2D eigenvalue weighted by atomic mass is 16.5. The summed E-state index contributed by atoms with van der Waals surface area (Å²) in [5, 5.41) is 8.52. The average molecular weight is 327 g/mol. The van der Waals surface area contributed by atoms with Crippen LogP contribution < -0.4 is 11.3 Å². The first kappa shape index (κ1) is 17.3. The van der Waals surface area contributed by atoms with E-state index in [0.717, 1.165) is 0 Å². The largest absolute Gasteiger partial charge is 0.394 e. The summed E-state index contributed by atoms with van der Waals surface area (Å²) in [6.45, 7) is 3.08. The lowest BCUT2D eigenvalue weighted by atomic mass is 10.5. The van der Waals surface area contributed by atoms with Gasteiger partial charge in [-0.15, -0.1) is 0 Å². The number of anilines is 1. The predicted octanol–water partition coefficient (Wildman–Crippen LogP) is -1.26. The zero-order valence-corrected chi connectivity index (χ0v) is 12.7. The molecule has 0 unspecified atom stereocenters. The second kappa shape index (κ2) is 9.20. The Hall–Kier alpha value is -2.01. The van der Waals surface area contributed by atoms with Crippen molar-refractivity contribution in [3.8, 4) is 0 Å². The number of ether oxygens (including phenoxy) is 3. The molecule has 0 aliphatic rings. The molecule has 0 atom stereocenters. The van der Waals surface area contributed by atoms with E-state index in [-0.39, 0.29) is 23.6 Å². The Morgan fingerprint density at radius 1 is 1.13 bits per heavy atom. The van der Waals surface area contributed by atoms with Crippen molar-refractivity contribution in [2.75, 3.05) is 52.0 Å². The number of hydrogen-bond donors (Lipinski definition) is 3. The third-order valence-corrected chi connectivity index (χ3v) is 2.95. The van der Waals surface area contributed by atoms with Crippen molar-refractivity contribution < 1.29 is 19.3 Å². The van der Waals surface area contributed by atoms with Crippen LogP contribution in [0.4, 0.5) is 5.95 Å². The minimum atomic E-state index is -0.357. The molecule has 0 amide bonds. The molecule has 0 aliphatic carbocycles. The molecule has 10 nitrogen and oxygen atoms in total. The van der Waals surface area contributed by atoms with Crippen molar-refractivity contribution in [2.24, 2.45) is 0 Å². The van der Waals surface area contributed by atoms with Gasteiger partial charge >= 0.3 is 0 Å². The fourth-order valence-electron chi connectivity index (χ4n) is 1.90. The number of rotatable bonds is 11. The first-order valence-corrected chi connectivity index (χ1v) is 7.27. The fraction of sp³-hybridized carbons (Fsp3) is 0.615. The number of aromatic amines is 1. The van der Waals surface area contributed by atoms with Gasteiger partial charge in [0, 0.05) is 6.54 Å². The van der Waals surface area contributed by atoms with Crippen molar-refractivity contribution in [3.05, 3.63) is 16.7 Å². The van der Waals surface area contributed by atoms with E-state index in [2.05, 4.69) is 15.0 Å². The zero-order valence-electron chi connectivity index (χ0n) is 12.7. The number of aromatic nitrogens is 4. The van der Waals surface area contributed by atoms with Gasteiger partial charge in [0.25, 0.3) is 5.56 Å². The molecule has 0 aromatic carbocycles. The van der Waals surface area contributed by atoms with E-state index < -0.39 is 0 Å². The van der Waals surface area contributed by atoms with Gasteiger partial charge in [0.05, 0.1) is 52.6 Å². The van der Waals surface area contributed by atoms with Crippen LogP contribution in [0.25, 0.3) is 11.2 Å². The molecule has 10 heteroatoms. The van der Waals surface area contributed by atoms with Gasteiger partial charge < -0.3 is 29.6 Å². The summed E-state index contributed by atoms with van der Waals surface area (Å²) in [4.78, 5) is 22.1. The third-order valence-electron chi connectivity index (χ3n) is 2.95. The van der Waals surface area contributed by atoms with Gasteiger partial charge in [-0.3, -0.25) is 9.78 Å². The highest BCUT2D eigenvalue weighted by Crippen LogP contribution is 2.05. The van der Waals surface area contributed by atoms with Crippen LogP contribution in [0.5, 0.6) is 0 Å². The number of imidazole rings is 1. The number of nitrogens with two attached hydrogens (primary N) is 1. The fourth-order valence-corrected chi connectivity index (χ4v) is 1.90. The van der Waals surface area contributed by atoms with E-state index in [0.29, 0.717) is 51.8 Å². The Kier molecular flexibility index (Phi) is 6.94. The molecule has 0 aliphatic heterocycles. The number of fused-ring (bicyclic) bond motifs is 1. The maximum atomic E-state index is 11.6. The molecule has 0 bridgehead atoms. The summed E-state index contributed by atoms with van der Waals surface area (Å²) in [5.41, 5.74) is 5.86. The van der Waals surface area contributed by atoms with Crippen LogP contribution in [0, 0.1) is 0 Å². The first-order chi connectivity index (χ1) is 11.2. The van der Waals surface area contributed by atoms with E-state index in [4.69, 9.17) is 25.1 Å². The molecule has 2 aromatic heterocycles. The second-order valence-electron chi connectivity index (χ2n) is 4.62. The lowest BCUT2D eigenvalue weighted by Gasteiger charge is -2.07. The SMILES string of the molecule is Nc1nc2c(ncn2CCOCCOCCOCCO)c(=O)[nH]1. The number of nitrogens with zero attached hydrogens (tertiary/aromatic N) is 3. The first-order valence-electron chi connectivity index (χ1n) is 7.27. The minimum absolute atomic E-state index is 0.0123. The molecule has 0 saturated heterocycles. The molecule has 0 spiro atoms. The topological polar surface area (TPSA) is 138 Å². The van der Waals surface area contributed by atoms with Gasteiger partial charge in [-0.1, -0.05) is 0 Å². The molecule has 23 heavy (non-hydrogen) atoms. The smallest absolute Gasteiger partial charge is 0.280 e. The van der Waals surface area contributed by atoms with Crippen LogP contribution in [-0.2, 0) is 20.8 Å². The van der Waals surface area contributed by atoms with E-state index >= 15 is 0 Å². The van der Waals surface area contributed by atoms with Gasteiger partial charge in [-0.05, 0) is 0 Å². The van der Waals surface area contributed by atoms with Crippen LogP contribution in [-0.4, -0.2) is 70.9 Å². The van der Waals surface area contributed by atoms with Crippen LogP contribution in [0.2, 0.25) is 0 Å². The summed E-state index contributed by atoms with van der Waals surface area (Å²) in [7, 11) is 0. The second-order valence-corrected chi connectivity index (χ2v) is 4.62. The van der Waals surface area contributed by atoms with Gasteiger partial charge in [0.1, 0.15) is 0 Å². The van der Waals surface area contributed by atoms with E-state index in [9.17, 15) is 4.79 Å². The Morgan fingerprint density at radius 3 is 2.48 bits per heavy atom. The van der Waals surface area contributed by atoms with Crippen LogP contribution in [0.3, 0.4) is 0 Å². The quantitative estimate of drug-likeness (QED) is 0.435. The molecule has 2 aromatic rings. The summed E-state index contributed by atoms with van der Waals surface area (Å²) < 4.78 is 17.5. The zero-order chi connectivity index (χ0) is 16.5. The van der Waals surface area contributed by atoms with Crippen LogP contribution >= 0.6 is 0 Å². The maximum absolute atomic E-state index is 11.6. The molecule has 2 heterocycles. The molecule has 0 fully saturated rings. The summed E-state index contributed by atoms with van der Waals surface area (Å²) in [6.07, 6.45) is 1.53. The van der Waals surface area contributed by atoms with Gasteiger partial charge in [0.15, 0.2) is 11.2 Å². The minimum Gasteiger partial charge on any atom is -0.394 e. The highest BCUT2D eigenvalue weighted by Gasteiger charge is 2.08.